The van der Waals surface area contributed by atoms with Gasteiger partial charge in [-0.15, -0.1) is 0 Å². The second kappa shape index (κ2) is 13.8. The fourth-order valence-electron chi connectivity index (χ4n) is 5.07. The predicted molar refractivity (Wildman–Crippen MR) is 171 cm³/mol. The maximum absolute atomic E-state index is 13.9. The number of nitrogens with zero attached hydrogens (tertiary/aromatic N) is 4. The van der Waals surface area contributed by atoms with Crippen LogP contribution in [0.4, 0.5) is 16.2 Å². The molecule has 11 heteroatoms. The van der Waals surface area contributed by atoms with Crippen LogP contribution < -0.4 is 4.31 Å². The van der Waals surface area contributed by atoms with Crippen LogP contribution in [0.1, 0.15) is 57.2 Å². The lowest BCUT2D eigenvalue weighted by Crippen LogP contribution is -2.49. The fourth-order valence-corrected chi connectivity index (χ4v) is 6.70. The Hall–Kier alpha value is -3.96. The van der Waals surface area contributed by atoms with Crippen molar-refractivity contribution >= 4 is 27.5 Å². The lowest BCUT2D eigenvalue weighted by molar-refractivity contribution is -0.387. The summed E-state index contributed by atoms with van der Waals surface area (Å²) in [5.74, 6) is 0.275. The lowest BCUT2D eigenvalue weighted by Gasteiger charge is -2.35. The molecule has 0 N–H and O–H groups in total. The van der Waals surface area contributed by atoms with Gasteiger partial charge in [-0.2, -0.15) is 0 Å². The quantitative estimate of drug-likeness (QED) is 0.195. The van der Waals surface area contributed by atoms with Gasteiger partial charge in [0.1, 0.15) is 5.60 Å². The van der Waals surface area contributed by atoms with Crippen molar-refractivity contribution in [3.63, 3.8) is 0 Å². The summed E-state index contributed by atoms with van der Waals surface area (Å²) < 4.78 is 34.5. The van der Waals surface area contributed by atoms with E-state index >= 15 is 0 Å². The van der Waals surface area contributed by atoms with Crippen LogP contribution in [-0.4, -0.2) is 67.6 Å². The molecule has 4 rings (SSSR count). The van der Waals surface area contributed by atoms with E-state index < -0.39 is 26.2 Å². The first-order chi connectivity index (χ1) is 20.7. The smallest absolute Gasteiger partial charge is 0.410 e. The number of piperazine rings is 1. The van der Waals surface area contributed by atoms with Gasteiger partial charge in [-0.3, -0.25) is 19.3 Å². The average Bonchev–Trinajstić information content (AvgIpc) is 2.97. The molecule has 44 heavy (non-hydrogen) atoms. The van der Waals surface area contributed by atoms with Gasteiger partial charge in [-0.05, 0) is 68.0 Å². The van der Waals surface area contributed by atoms with Gasteiger partial charge in [0, 0.05) is 45.3 Å². The summed E-state index contributed by atoms with van der Waals surface area (Å²) in [6, 6.07) is 20.8. The summed E-state index contributed by atoms with van der Waals surface area (Å²) in [6.07, 6.45) is 0.135. The first kappa shape index (κ1) is 32.9. The van der Waals surface area contributed by atoms with Crippen LogP contribution in [0, 0.1) is 10.1 Å². The first-order valence-corrected chi connectivity index (χ1v) is 16.3. The van der Waals surface area contributed by atoms with E-state index in [0.717, 1.165) is 36.3 Å². The number of para-hydroxylation sites is 1. The summed E-state index contributed by atoms with van der Waals surface area (Å²) in [5.41, 5.74) is 2.62. The molecular formula is C33H42N4O6S. The topological polar surface area (TPSA) is 113 Å². The Balaban J connectivity index is 1.45. The second-order valence-corrected chi connectivity index (χ2v) is 14.2. The number of anilines is 1. The highest BCUT2D eigenvalue weighted by Crippen LogP contribution is 2.31. The van der Waals surface area contributed by atoms with Crippen molar-refractivity contribution < 1.29 is 22.9 Å². The zero-order valence-electron chi connectivity index (χ0n) is 26.1. The molecule has 1 aliphatic heterocycles. The van der Waals surface area contributed by atoms with Crippen LogP contribution in [0.15, 0.2) is 77.7 Å². The van der Waals surface area contributed by atoms with Crippen molar-refractivity contribution in [2.45, 2.75) is 64.0 Å². The number of carbonyl (C=O) groups excluding carboxylic acids is 1. The Labute approximate surface area is 260 Å². The van der Waals surface area contributed by atoms with Gasteiger partial charge < -0.3 is 9.64 Å². The summed E-state index contributed by atoms with van der Waals surface area (Å²) >= 11 is 0. The van der Waals surface area contributed by atoms with Crippen LogP contribution in [0.2, 0.25) is 0 Å². The average molecular weight is 623 g/mol. The van der Waals surface area contributed by atoms with E-state index in [1.807, 2.05) is 57.2 Å². The summed E-state index contributed by atoms with van der Waals surface area (Å²) in [4.78, 5) is 27.1. The summed E-state index contributed by atoms with van der Waals surface area (Å²) in [5, 5.41) is 11.7. The standard InChI is InChI=1S/C33H42N4O6S/c1-25(2)28-14-16-29(17-15-28)36(44(41,42)31-9-7-6-8-30(31)37(39)40)19-18-26-10-12-27(13-11-26)24-34-20-22-35(23-21-34)32(38)43-33(3,4)5/h6-17,25H,18-24H2,1-5H3. The van der Waals surface area contributed by atoms with E-state index in [0.29, 0.717) is 25.2 Å². The number of nitro groups is 1. The molecule has 1 amide bonds. The van der Waals surface area contributed by atoms with Crippen molar-refractivity contribution in [2.75, 3.05) is 37.0 Å². The number of sulfonamides is 1. The van der Waals surface area contributed by atoms with Crippen LogP contribution >= 0.6 is 0 Å². The molecular weight excluding hydrogens is 580 g/mol. The number of carbonyl (C=O) groups is 1. The molecule has 1 saturated heterocycles. The Kier molecular flexibility index (Phi) is 10.3. The molecule has 3 aromatic rings. The maximum atomic E-state index is 13.9. The number of benzene rings is 3. The normalized spacial score (nSPS) is 14.5. The number of hydrogen-bond donors (Lipinski definition) is 0. The van der Waals surface area contributed by atoms with Gasteiger partial charge in [0.15, 0.2) is 4.90 Å². The largest absolute Gasteiger partial charge is 0.444 e. The molecule has 1 fully saturated rings. The molecule has 1 aliphatic rings. The molecule has 0 unspecified atom stereocenters. The molecule has 0 atom stereocenters. The molecule has 0 radical (unpaired) electrons. The number of hydrogen-bond acceptors (Lipinski definition) is 7. The zero-order valence-corrected chi connectivity index (χ0v) is 26.9. The van der Waals surface area contributed by atoms with Crippen molar-refractivity contribution in [3.8, 4) is 0 Å². The van der Waals surface area contributed by atoms with E-state index in [2.05, 4.69) is 18.7 Å². The third kappa shape index (κ3) is 8.35. The lowest BCUT2D eigenvalue weighted by atomic mass is 10.0. The van der Waals surface area contributed by atoms with E-state index in [1.165, 1.54) is 28.6 Å². The van der Waals surface area contributed by atoms with Gasteiger partial charge in [0.05, 0.1) is 10.6 Å². The fraction of sp³-hybridized carbons (Fsp3) is 0.424. The predicted octanol–water partition coefficient (Wildman–Crippen LogP) is 6.21. The van der Waals surface area contributed by atoms with Crippen LogP contribution in [0.5, 0.6) is 0 Å². The Morgan fingerprint density at radius 2 is 1.52 bits per heavy atom. The van der Waals surface area contributed by atoms with Gasteiger partial charge in [-0.1, -0.05) is 62.4 Å². The molecule has 0 spiro atoms. The monoisotopic (exact) mass is 622 g/mol. The highest BCUT2D eigenvalue weighted by Gasteiger charge is 2.32. The molecule has 10 nitrogen and oxygen atoms in total. The Morgan fingerprint density at radius 3 is 2.09 bits per heavy atom. The number of ether oxygens (including phenoxy) is 1. The van der Waals surface area contributed by atoms with Gasteiger partial charge in [0.25, 0.3) is 15.7 Å². The molecule has 0 saturated carbocycles. The molecule has 236 valence electrons. The zero-order chi connectivity index (χ0) is 32.1. The van der Waals surface area contributed by atoms with Crippen LogP contribution in [0.3, 0.4) is 0 Å². The van der Waals surface area contributed by atoms with E-state index in [-0.39, 0.29) is 23.5 Å². The van der Waals surface area contributed by atoms with E-state index in [4.69, 9.17) is 4.74 Å². The first-order valence-electron chi connectivity index (χ1n) is 14.9. The van der Waals surface area contributed by atoms with Crippen molar-refractivity contribution in [3.05, 3.63) is 99.6 Å². The maximum Gasteiger partial charge on any atom is 0.410 e. The molecule has 3 aromatic carbocycles. The summed E-state index contributed by atoms with van der Waals surface area (Å²) in [6.45, 7) is 13.3. The highest BCUT2D eigenvalue weighted by atomic mass is 32.2. The number of rotatable bonds is 10. The molecule has 1 heterocycles. The summed E-state index contributed by atoms with van der Waals surface area (Å²) in [7, 11) is -4.23. The van der Waals surface area contributed by atoms with Gasteiger partial charge in [-0.25, -0.2) is 13.2 Å². The minimum absolute atomic E-state index is 0.112. The van der Waals surface area contributed by atoms with Crippen LogP contribution in [0.25, 0.3) is 0 Å². The Bertz CT molecular complexity index is 1540. The number of amides is 1. The molecule has 0 aromatic heterocycles. The second-order valence-electron chi connectivity index (χ2n) is 12.4. The minimum Gasteiger partial charge on any atom is -0.444 e. The third-order valence-corrected chi connectivity index (χ3v) is 9.41. The van der Waals surface area contributed by atoms with E-state index in [1.54, 1.807) is 17.0 Å². The molecule has 0 aliphatic carbocycles. The van der Waals surface area contributed by atoms with Gasteiger partial charge in [0.2, 0.25) is 0 Å². The third-order valence-electron chi connectivity index (χ3n) is 7.53. The highest BCUT2D eigenvalue weighted by molar-refractivity contribution is 7.93. The van der Waals surface area contributed by atoms with Crippen molar-refractivity contribution in [1.82, 2.24) is 9.80 Å². The van der Waals surface area contributed by atoms with Gasteiger partial charge >= 0.3 is 6.09 Å². The van der Waals surface area contributed by atoms with E-state index in [9.17, 15) is 23.3 Å². The Morgan fingerprint density at radius 1 is 0.932 bits per heavy atom. The SMILES string of the molecule is CC(C)c1ccc(N(CCc2ccc(CN3CCN(C(=O)OC(C)(C)C)CC3)cc2)S(=O)(=O)c2ccccc2[N+](=O)[O-])cc1. The molecule has 0 bridgehead atoms. The van der Waals surface area contributed by atoms with Crippen molar-refractivity contribution in [2.24, 2.45) is 0 Å². The minimum atomic E-state index is -4.23. The van der Waals surface area contributed by atoms with Crippen LogP contribution in [-0.2, 0) is 27.7 Å². The number of nitro benzene ring substituents is 1. The van der Waals surface area contributed by atoms with Crippen molar-refractivity contribution in [1.29, 1.82) is 0 Å².